The van der Waals surface area contributed by atoms with Gasteiger partial charge >= 0.3 is 0 Å². The minimum atomic E-state index is -0.352. The lowest BCUT2D eigenvalue weighted by Crippen LogP contribution is -2.15. The Morgan fingerprint density at radius 1 is 0.196 bits per heavy atom. The first-order valence-corrected chi connectivity index (χ1v) is 31.2. The molecular formula is C88H58F2N2. The minimum Gasteiger partial charge on any atom is -0.307 e. The summed E-state index contributed by atoms with van der Waals surface area (Å²) in [6, 6.07) is 120. The Balaban J connectivity index is 0.935. The lowest BCUT2D eigenvalue weighted by Gasteiger charge is -2.32. The van der Waals surface area contributed by atoms with Gasteiger partial charge in [-0.05, 0) is 149 Å². The van der Waals surface area contributed by atoms with E-state index < -0.39 is 0 Å². The van der Waals surface area contributed by atoms with Gasteiger partial charge in [-0.1, -0.05) is 291 Å². The van der Waals surface area contributed by atoms with Gasteiger partial charge in [-0.2, -0.15) is 0 Å². The lowest BCUT2D eigenvalue weighted by atomic mass is 9.90. The fraction of sp³-hybridized carbons (Fsp3) is 0. The van der Waals surface area contributed by atoms with E-state index in [0.717, 1.165) is 133 Å². The maximum absolute atomic E-state index is 19.2. The third-order valence-electron chi connectivity index (χ3n) is 17.9. The Bertz CT molecular complexity index is 5010. The van der Waals surface area contributed by atoms with Gasteiger partial charge in [-0.25, -0.2) is 8.78 Å². The molecule has 0 unspecified atom stereocenters. The Labute approximate surface area is 534 Å². The molecule has 0 bridgehead atoms. The topological polar surface area (TPSA) is 6.48 Å². The highest BCUT2D eigenvalue weighted by molar-refractivity contribution is 6.28. The van der Waals surface area contributed by atoms with Crippen molar-refractivity contribution in [2.24, 2.45) is 0 Å². The van der Waals surface area contributed by atoms with Crippen LogP contribution in [0.2, 0.25) is 0 Å². The van der Waals surface area contributed by atoms with E-state index in [1.807, 2.05) is 146 Å². The summed E-state index contributed by atoms with van der Waals surface area (Å²) in [5.74, 6) is -0.705. The molecule has 0 radical (unpaired) electrons. The zero-order chi connectivity index (χ0) is 61.5. The van der Waals surface area contributed by atoms with E-state index in [-0.39, 0.29) is 11.6 Å². The highest BCUT2D eigenvalue weighted by Crippen LogP contribution is 2.53. The molecule has 0 amide bonds. The Morgan fingerprint density at radius 3 is 0.761 bits per heavy atom. The number of nitrogens with zero attached hydrogens (tertiary/aromatic N) is 2. The monoisotopic (exact) mass is 1180 g/mol. The molecule has 0 saturated carbocycles. The second kappa shape index (κ2) is 23.8. The van der Waals surface area contributed by atoms with Gasteiger partial charge < -0.3 is 9.80 Å². The summed E-state index contributed by atoms with van der Waals surface area (Å²) in [7, 11) is 0. The molecule has 16 rings (SSSR count). The van der Waals surface area contributed by atoms with Crippen molar-refractivity contribution in [3.63, 3.8) is 0 Å². The first-order valence-electron chi connectivity index (χ1n) is 31.2. The first-order chi connectivity index (χ1) is 45.5. The van der Waals surface area contributed by atoms with E-state index in [9.17, 15) is 0 Å². The third-order valence-corrected chi connectivity index (χ3v) is 17.9. The average Bonchev–Trinajstić information content (AvgIpc) is 0.723. The van der Waals surface area contributed by atoms with Crippen molar-refractivity contribution in [3.05, 3.63) is 363 Å². The predicted molar refractivity (Wildman–Crippen MR) is 383 cm³/mol. The number of hydrogen-bond donors (Lipinski definition) is 0. The Hall–Kier alpha value is -12.0. The first kappa shape index (κ1) is 55.3. The van der Waals surface area contributed by atoms with Crippen LogP contribution in [0.5, 0.6) is 0 Å². The van der Waals surface area contributed by atoms with Crippen molar-refractivity contribution in [1.29, 1.82) is 0 Å². The van der Waals surface area contributed by atoms with E-state index >= 15 is 8.78 Å². The molecule has 0 aromatic heterocycles. The zero-order valence-corrected chi connectivity index (χ0v) is 50.1. The summed E-state index contributed by atoms with van der Waals surface area (Å²) in [6.45, 7) is 0. The van der Waals surface area contributed by atoms with Crippen molar-refractivity contribution in [3.8, 4) is 89.0 Å². The summed E-state index contributed by atoms with van der Waals surface area (Å²) in [5, 5.41) is 5.92. The van der Waals surface area contributed by atoms with Gasteiger partial charge in [-0.3, -0.25) is 0 Å². The maximum atomic E-state index is 19.2. The summed E-state index contributed by atoms with van der Waals surface area (Å²) >= 11 is 0. The third kappa shape index (κ3) is 10.1. The largest absolute Gasteiger partial charge is 0.307 e. The van der Waals surface area contributed by atoms with Crippen molar-refractivity contribution >= 4 is 66.4 Å². The minimum absolute atomic E-state index is 0.352. The fourth-order valence-corrected chi connectivity index (χ4v) is 13.6. The molecule has 92 heavy (non-hydrogen) atoms. The van der Waals surface area contributed by atoms with Crippen molar-refractivity contribution in [1.82, 2.24) is 0 Å². The summed E-state index contributed by atoms with van der Waals surface area (Å²) in [6.07, 6.45) is 0. The van der Waals surface area contributed by atoms with Gasteiger partial charge in [0, 0.05) is 44.4 Å². The molecule has 0 aliphatic heterocycles. The molecule has 0 aliphatic rings. The van der Waals surface area contributed by atoms with Crippen molar-refractivity contribution < 1.29 is 8.78 Å². The van der Waals surface area contributed by atoms with Crippen molar-refractivity contribution in [2.75, 3.05) is 9.80 Å². The molecule has 16 aromatic rings. The van der Waals surface area contributed by atoms with E-state index in [0.29, 0.717) is 22.5 Å². The number of benzene rings is 16. The summed E-state index contributed by atoms with van der Waals surface area (Å²) in [4.78, 5) is 4.24. The quantitative estimate of drug-likeness (QED) is 0.100. The van der Waals surface area contributed by atoms with Gasteiger partial charge in [0.05, 0.1) is 22.7 Å². The Kier molecular flexibility index (Phi) is 14.3. The molecule has 434 valence electrons. The fourth-order valence-electron chi connectivity index (χ4n) is 13.6. The van der Waals surface area contributed by atoms with Gasteiger partial charge in [0.25, 0.3) is 0 Å². The molecule has 0 fully saturated rings. The van der Waals surface area contributed by atoms with E-state index in [1.165, 1.54) is 0 Å². The molecule has 0 heterocycles. The van der Waals surface area contributed by atoms with Crippen LogP contribution in [-0.2, 0) is 0 Å². The van der Waals surface area contributed by atoms with Gasteiger partial charge in [0.2, 0.25) is 0 Å². The standard InChI is InChI=1S/C88H58F2N2/c89-85-75(69-35-19-31-65(55-69)59-23-7-1-8-24-59)49-51-77(71-37-21-33-67(57-71)61-27-11-3-12-28-61)87(85)91(73-39-15-5-16-40-73)81-53-45-63-44-48-80-82(54-46-64-43-47-79(81)83(63)84(64)80)92(74-41-17-6-18-42-74)88-78(72-38-22-34-68(58-72)62-29-13-4-14-30-62)52-50-76(86(88)90)70-36-20-32-66(56-70)60-25-9-2-10-26-60/h1-58H. The zero-order valence-electron chi connectivity index (χ0n) is 50.1. The van der Waals surface area contributed by atoms with Crippen LogP contribution in [-0.4, -0.2) is 0 Å². The molecule has 2 nitrogen and oxygen atoms in total. The van der Waals surface area contributed by atoms with E-state index in [2.05, 4.69) is 216 Å². The predicted octanol–water partition coefficient (Wildman–Crippen LogP) is 25.1. The Morgan fingerprint density at radius 2 is 0.446 bits per heavy atom. The lowest BCUT2D eigenvalue weighted by molar-refractivity contribution is 0.632. The molecule has 4 heteroatoms. The van der Waals surface area contributed by atoms with Crippen LogP contribution in [0, 0.1) is 11.6 Å². The van der Waals surface area contributed by atoms with Crippen LogP contribution in [0.1, 0.15) is 0 Å². The number of para-hydroxylation sites is 2. The molecular weight excluding hydrogens is 1120 g/mol. The van der Waals surface area contributed by atoms with E-state index in [4.69, 9.17) is 0 Å². The highest BCUT2D eigenvalue weighted by Gasteiger charge is 2.30. The molecule has 0 N–H and O–H groups in total. The van der Waals surface area contributed by atoms with Crippen LogP contribution < -0.4 is 9.80 Å². The van der Waals surface area contributed by atoms with Gasteiger partial charge in [-0.15, -0.1) is 0 Å². The second-order valence-electron chi connectivity index (χ2n) is 23.4. The average molecular weight is 1180 g/mol. The van der Waals surface area contributed by atoms with Crippen LogP contribution in [0.15, 0.2) is 352 Å². The van der Waals surface area contributed by atoms with Crippen LogP contribution >= 0.6 is 0 Å². The normalized spacial score (nSPS) is 11.4. The van der Waals surface area contributed by atoms with Crippen LogP contribution in [0.25, 0.3) is 121 Å². The summed E-state index contributed by atoms with van der Waals surface area (Å²) in [5.41, 5.74) is 18.0. The molecule has 0 aliphatic carbocycles. The van der Waals surface area contributed by atoms with Gasteiger partial charge in [0.15, 0.2) is 11.6 Å². The molecule has 0 spiro atoms. The number of anilines is 6. The number of hydrogen-bond acceptors (Lipinski definition) is 2. The van der Waals surface area contributed by atoms with Gasteiger partial charge in [0.1, 0.15) is 0 Å². The van der Waals surface area contributed by atoms with E-state index in [1.54, 1.807) is 0 Å². The second-order valence-corrected chi connectivity index (χ2v) is 23.4. The maximum Gasteiger partial charge on any atom is 0.155 e. The van der Waals surface area contributed by atoms with Crippen LogP contribution in [0.3, 0.4) is 0 Å². The molecule has 0 saturated heterocycles. The smallest absolute Gasteiger partial charge is 0.155 e. The number of rotatable bonds is 14. The summed E-state index contributed by atoms with van der Waals surface area (Å²) < 4.78 is 38.4. The molecule has 16 aromatic carbocycles. The SMILES string of the molecule is Fc1c(-c2cccc(-c3ccccc3)c2)ccc(-c2cccc(-c3ccccc3)c2)c1N(c1ccccc1)c1ccc2ccc3c(N(c4ccccc4)c4c(-c5cccc(-c6ccccc6)c5)ccc(-c5cccc(-c6ccccc6)c5)c4F)ccc4ccc1c2c43. The highest BCUT2D eigenvalue weighted by atomic mass is 19.1. The van der Waals surface area contributed by atoms with Crippen LogP contribution in [0.4, 0.5) is 42.9 Å². The number of halogens is 2. The molecule has 0 atom stereocenters. The van der Waals surface area contributed by atoms with Crippen molar-refractivity contribution in [2.45, 2.75) is 0 Å².